The number of para-hydroxylation sites is 1. The van der Waals surface area contributed by atoms with Crippen molar-refractivity contribution in [1.29, 1.82) is 0 Å². The molecule has 122 valence electrons. The molecule has 0 spiro atoms. The fourth-order valence-corrected chi connectivity index (χ4v) is 3.08. The highest BCUT2D eigenvalue weighted by Gasteiger charge is 2.25. The quantitative estimate of drug-likeness (QED) is 0.658. The van der Waals surface area contributed by atoms with Gasteiger partial charge in [-0.25, -0.2) is 0 Å². The number of rotatable bonds is 6. The van der Waals surface area contributed by atoms with Crippen molar-refractivity contribution in [2.24, 2.45) is 11.7 Å². The smallest absolute Gasteiger partial charge is 0.0557 e. The maximum atomic E-state index is 6.59. The minimum Gasteiger partial charge on any atom is -0.378 e. The Morgan fingerprint density at radius 3 is 1.67 bits per heavy atom. The number of hydrogen-bond acceptors (Lipinski definition) is 2. The Kier molecular flexibility index (Phi) is 5.29. The van der Waals surface area contributed by atoms with Gasteiger partial charge >= 0.3 is 0 Å². The van der Waals surface area contributed by atoms with E-state index in [1.54, 1.807) is 0 Å². The first-order valence-corrected chi connectivity index (χ1v) is 8.43. The van der Waals surface area contributed by atoms with E-state index in [1.165, 1.54) is 11.1 Å². The van der Waals surface area contributed by atoms with E-state index in [0.29, 0.717) is 0 Å². The zero-order chi connectivity index (χ0) is 16.8. The first-order chi connectivity index (χ1) is 11.8. The van der Waals surface area contributed by atoms with Crippen molar-refractivity contribution in [3.05, 3.63) is 102 Å². The molecule has 3 N–H and O–H groups in total. The molecule has 0 radical (unpaired) electrons. The summed E-state index contributed by atoms with van der Waals surface area (Å²) in [7, 11) is 0. The summed E-state index contributed by atoms with van der Waals surface area (Å²) in [6.07, 6.45) is 0. The first kappa shape index (κ1) is 16.3. The third kappa shape index (κ3) is 3.84. The lowest BCUT2D eigenvalue weighted by Gasteiger charge is -2.31. The largest absolute Gasteiger partial charge is 0.378 e. The molecule has 0 aliphatic carbocycles. The van der Waals surface area contributed by atoms with Crippen molar-refractivity contribution in [3.8, 4) is 0 Å². The summed E-state index contributed by atoms with van der Waals surface area (Å²) >= 11 is 0. The Morgan fingerprint density at radius 2 is 1.12 bits per heavy atom. The second kappa shape index (κ2) is 7.80. The van der Waals surface area contributed by atoms with Crippen molar-refractivity contribution >= 4 is 5.69 Å². The molecule has 0 fully saturated rings. The SMILES string of the molecule is CC(C(N)c1ccccc1)C(Nc1ccccc1)c1ccccc1. The van der Waals surface area contributed by atoms with Gasteiger partial charge in [0.15, 0.2) is 0 Å². The van der Waals surface area contributed by atoms with Crippen molar-refractivity contribution < 1.29 is 0 Å². The third-order valence-corrected chi connectivity index (χ3v) is 4.53. The second-order valence-corrected chi connectivity index (χ2v) is 6.19. The van der Waals surface area contributed by atoms with Gasteiger partial charge in [-0.15, -0.1) is 0 Å². The van der Waals surface area contributed by atoms with E-state index in [0.717, 1.165) is 5.69 Å². The summed E-state index contributed by atoms with van der Waals surface area (Å²) in [5.41, 5.74) is 10.1. The minimum absolute atomic E-state index is 0.0346. The summed E-state index contributed by atoms with van der Waals surface area (Å²) in [6, 6.07) is 31.3. The van der Waals surface area contributed by atoms with E-state index in [-0.39, 0.29) is 18.0 Å². The van der Waals surface area contributed by atoms with Crippen LogP contribution in [0.15, 0.2) is 91.0 Å². The molecule has 0 amide bonds. The molecular formula is C22H24N2. The molecule has 0 aliphatic heterocycles. The molecule has 0 saturated heterocycles. The van der Waals surface area contributed by atoms with Gasteiger partial charge in [-0.3, -0.25) is 0 Å². The van der Waals surface area contributed by atoms with Crippen LogP contribution >= 0.6 is 0 Å². The van der Waals surface area contributed by atoms with Crippen LogP contribution in [0.4, 0.5) is 5.69 Å². The van der Waals surface area contributed by atoms with Crippen LogP contribution in [0.2, 0.25) is 0 Å². The van der Waals surface area contributed by atoms with Crippen molar-refractivity contribution in [3.63, 3.8) is 0 Å². The molecular weight excluding hydrogens is 292 g/mol. The maximum Gasteiger partial charge on any atom is 0.0557 e. The summed E-state index contributed by atoms with van der Waals surface area (Å²) in [5.74, 6) is 0.231. The number of anilines is 1. The average molecular weight is 316 g/mol. The summed E-state index contributed by atoms with van der Waals surface area (Å²) < 4.78 is 0. The maximum absolute atomic E-state index is 6.59. The van der Waals surface area contributed by atoms with Crippen molar-refractivity contribution in [2.75, 3.05) is 5.32 Å². The predicted molar refractivity (Wildman–Crippen MR) is 102 cm³/mol. The zero-order valence-electron chi connectivity index (χ0n) is 14.0. The molecule has 24 heavy (non-hydrogen) atoms. The highest BCUT2D eigenvalue weighted by atomic mass is 14.9. The van der Waals surface area contributed by atoms with Gasteiger partial charge in [0.2, 0.25) is 0 Å². The van der Waals surface area contributed by atoms with E-state index in [9.17, 15) is 0 Å². The molecule has 3 aromatic carbocycles. The number of benzene rings is 3. The third-order valence-electron chi connectivity index (χ3n) is 4.53. The van der Waals surface area contributed by atoms with Gasteiger partial charge in [0.1, 0.15) is 0 Å². The molecule has 2 heteroatoms. The fourth-order valence-electron chi connectivity index (χ4n) is 3.08. The van der Waals surface area contributed by atoms with Crippen LogP contribution in [0.3, 0.4) is 0 Å². The van der Waals surface area contributed by atoms with Gasteiger partial charge in [-0.05, 0) is 29.2 Å². The van der Waals surface area contributed by atoms with Gasteiger partial charge in [-0.1, -0.05) is 85.8 Å². The zero-order valence-corrected chi connectivity index (χ0v) is 14.0. The van der Waals surface area contributed by atoms with E-state index in [4.69, 9.17) is 5.73 Å². The fraction of sp³-hybridized carbons (Fsp3) is 0.182. The second-order valence-electron chi connectivity index (χ2n) is 6.19. The number of nitrogens with two attached hydrogens (primary N) is 1. The van der Waals surface area contributed by atoms with Crippen LogP contribution in [0.5, 0.6) is 0 Å². The van der Waals surface area contributed by atoms with Crippen LogP contribution in [0, 0.1) is 5.92 Å². The topological polar surface area (TPSA) is 38.0 Å². The molecule has 0 heterocycles. The van der Waals surface area contributed by atoms with Gasteiger partial charge in [-0.2, -0.15) is 0 Å². The van der Waals surface area contributed by atoms with E-state index >= 15 is 0 Å². The van der Waals surface area contributed by atoms with Crippen LogP contribution in [-0.4, -0.2) is 0 Å². The Balaban J connectivity index is 1.89. The Morgan fingerprint density at radius 1 is 0.667 bits per heavy atom. The molecule has 3 rings (SSSR count). The lowest BCUT2D eigenvalue weighted by atomic mass is 9.85. The van der Waals surface area contributed by atoms with Crippen LogP contribution in [0.1, 0.15) is 30.1 Å². The van der Waals surface area contributed by atoms with Gasteiger partial charge in [0.25, 0.3) is 0 Å². The number of nitrogens with one attached hydrogen (secondary N) is 1. The Labute approximate surface area is 144 Å². The Bertz CT molecular complexity index is 726. The molecule has 0 aromatic heterocycles. The van der Waals surface area contributed by atoms with Crippen LogP contribution in [0.25, 0.3) is 0 Å². The van der Waals surface area contributed by atoms with Crippen LogP contribution < -0.4 is 11.1 Å². The monoisotopic (exact) mass is 316 g/mol. The van der Waals surface area contributed by atoms with Crippen molar-refractivity contribution in [2.45, 2.75) is 19.0 Å². The molecule has 3 aromatic rings. The van der Waals surface area contributed by atoms with E-state index in [2.05, 4.69) is 60.8 Å². The highest BCUT2D eigenvalue weighted by Crippen LogP contribution is 2.33. The number of hydrogen-bond donors (Lipinski definition) is 2. The van der Waals surface area contributed by atoms with E-state index < -0.39 is 0 Å². The molecule has 0 saturated carbocycles. The minimum atomic E-state index is -0.0346. The van der Waals surface area contributed by atoms with Crippen molar-refractivity contribution in [1.82, 2.24) is 0 Å². The summed E-state index contributed by atoms with van der Waals surface area (Å²) in [4.78, 5) is 0. The summed E-state index contributed by atoms with van der Waals surface area (Å²) in [6.45, 7) is 2.21. The molecule has 0 bridgehead atoms. The predicted octanol–water partition coefficient (Wildman–Crippen LogP) is 5.18. The van der Waals surface area contributed by atoms with Gasteiger partial charge < -0.3 is 11.1 Å². The molecule has 3 unspecified atom stereocenters. The molecule has 3 atom stereocenters. The van der Waals surface area contributed by atoms with Gasteiger partial charge in [0, 0.05) is 11.7 Å². The standard InChI is InChI=1S/C22H24N2/c1-17(21(23)18-11-5-2-6-12-18)22(19-13-7-3-8-14-19)24-20-15-9-4-10-16-20/h2-17,21-22,24H,23H2,1H3. The van der Waals surface area contributed by atoms with Crippen LogP contribution in [-0.2, 0) is 0 Å². The molecule has 0 aliphatic rings. The summed E-state index contributed by atoms with van der Waals surface area (Å²) in [5, 5.41) is 3.67. The first-order valence-electron chi connectivity index (χ1n) is 8.43. The Hall–Kier alpha value is -2.58. The highest BCUT2D eigenvalue weighted by molar-refractivity contribution is 5.45. The average Bonchev–Trinajstić information content (AvgIpc) is 2.67. The molecule has 2 nitrogen and oxygen atoms in total. The lowest BCUT2D eigenvalue weighted by Crippen LogP contribution is -2.29. The van der Waals surface area contributed by atoms with Gasteiger partial charge in [0.05, 0.1) is 6.04 Å². The van der Waals surface area contributed by atoms with E-state index in [1.807, 2.05) is 42.5 Å². The lowest BCUT2D eigenvalue weighted by molar-refractivity contribution is 0.412. The normalized spacial score (nSPS) is 14.6.